The van der Waals surface area contributed by atoms with E-state index >= 15 is 0 Å². The molecule has 3 heterocycles. The third kappa shape index (κ3) is 5.57. The summed E-state index contributed by atoms with van der Waals surface area (Å²) in [6.45, 7) is 7.64. The van der Waals surface area contributed by atoms with Crippen LogP contribution in [-0.2, 0) is 16.1 Å². The quantitative estimate of drug-likeness (QED) is 0.186. The lowest BCUT2D eigenvalue weighted by Gasteiger charge is -2.26. The molecular formula is C35H31BrFN3O4S. The van der Waals surface area contributed by atoms with Crippen LogP contribution in [0.15, 0.2) is 92.3 Å². The Morgan fingerprint density at radius 1 is 1.11 bits per heavy atom. The lowest BCUT2D eigenvalue weighted by atomic mass is 9.95. The van der Waals surface area contributed by atoms with Crippen LogP contribution < -0.4 is 19.6 Å². The van der Waals surface area contributed by atoms with Crippen LogP contribution in [0.3, 0.4) is 0 Å². The Hall–Kier alpha value is -4.28. The number of ether oxygens (including phenoxy) is 2. The highest BCUT2D eigenvalue weighted by molar-refractivity contribution is 9.10. The number of rotatable bonds is 7. The SMILES string of the molecule is COc1ccc(Br)cc1[C@H]1C(C(=O)OC(C)C)=C(C)N=c2s/c(=C\c3c(C)n(Cc4ccccc4F)c4ccccc34)c(=O)n21. The van der Waals surface area contributed by atoms with Crippen LogP contribution in [0.2, 0.25) is 0 Å². The lowest BCUT2D eigenvalue weighted by Crippen LogP contribution is -2.40. The van der Waals surface area contributed by atoms with Crippen molar-refractivity contribution in [2.75, 3.05) is 7.11 Å². The number of para-hydroxylation sites is 1. The fraction of sp³-hybridized carbons (Fsp3) is 0.229. The van der Waals surface area contributed by atoms with Crippen LogP contribution in [-0.4, -0.2) is 28.3 Å². The second kappa shape index (κ2) is 12.3. The first-order valence-corrected chi connectivity index (χ1v) is 16.1. The first-order valence-electron chi connectivity index (χ1n) is 14.5. The largest absolute Gasteiger partial charge is 0.496 e. The molecule has 5 aromatic rings. The van der Waals surface area contributed by atoms with Gasteiger partial charge in [0.25, 0.3) is 5.56 Å². The van der Waals surface area contributed by atoms with Gasteiger partial charge in [-0.1, -0.05) is 63.7 Å². The fourth-order valence-corrected chi connectivity index (χ4v) is 7.25. The van der Waals surface area contributed by atoms with Gasteiger partial charge in [-0.05, 0) is 64.1 Å². The zero-order valence-corrected chi connectivity index (χ0v) is 27.8. The third-order valence-electron chi connectivity index (χ3n) is 7.91. The number of hydrogen-bond donors (Lipinski definition) is 0. The molecule has 7 nitrogen and oxygen atoms in total. The molecule has 10 heteroatoms. The number of thiazole rings is 1. The van der Waals surface area contributed by atoms with Crippen molar-refractivity contribution in [3.63, 3.8) is 0 Å². The van der Waals surface area contributed by atoms with Crippen molar-refractivity contribution in [3.8, 4) is 5.75 Å². The molecule has 1 aliphatic heterocycles. The summed E-state index contributed by atoms with van der Waals surface area (Å²) in [4.78, 5) is 33.1. The van der Waals surface area contributed by atoms with Crippen molar-refractivity contribution in [1.29, 1.82) is 0 Å². The van der Waals surface area contributed by atoms with Crippen LogP contribution in [0.1, 0.15) is 49.2 Å². The molecule has 0 unspecified atom stereocenters. The van der Waals surface area contributed by atoms with Crippen molar-refractivity contribution in [1.82, 2.24) is 9.13 Å². The van der Waals surface area contributed by atoms with Gasteiger partial charge in [0.15, 0.2) is 4.80 Å². The summed E-state index contributed by atoms with van der Waals surface area (Å²) < 4.78 is 30.9. The van der Waals surface area contributed by atoms with Gasteiger partial charge in [-0.15, -0.1) is 0 Å². The van der Waals surface area contributed by atoms with Crippen LogP contribution in [0.5, 0.6) is 5.75 Å². The van der Waals surface area contributed by atoms with Crippen LogP contribution >= 0.6 is 27.3 Å². The van der Waals surface area contributed by atoms with E-state index in [1.165, 1.54) is 17.4 Å². The number of nitrogens with zero attached hydrogens (tertiary/aromatic N) is 3. The molecule has 45 heavy (non-hydrogen) atoms. The minimum absolute atomic E-state index is 0.269. The van der Waals surface area contributed by atoms with E-state index in [1.807, 2.05) is 55.5 Å². The molecule has 0 fully saturated rings. The van der Waals surface area contributed by atoms with Gasteiger partial charge in [-0.2, -0.15) is 0 Å². The molecular weight excluding hydrogens is 657 g/mol. The number of benzene rings is 3. The minimum atomic E-state index is -0.828. The lowest BCUT2D eigenvalue weighted by molar-refractivity contribution is -0.143. The Balaban J connectivity index is 1.58. The number of allylic oxidation sites excluding steroid dienone is 1. The van der Waals surface area contributed by atoms with Gasteiger partial charge in [0.1, 0.15) is 17.6 Å². The Labute approximate surface area is 271 Å². The molecule has 0 aliphatic carbocycles. The monoisotopic (exact) mass is 687 g/mol. The van der Waals surface area contributed by atoms with Crippen LogP contribution in [0.4, 0.5) is 4.39 Å². The molecule has 3 aromatic carbocycles. The maximum Gasteiger partial charge on any atom is 0.338 e. The smallest absolute Gasteiger partial charge is 0.338 e. The number of aromatic nitrogens is 2. The van der Waals surface area contributed by atoms with E-state index < -0.39 is 12.0 Å². The van der Waals surface area contributed by atoms with Gasteiger partial charge >= 0.3 is 5.97 Å². The molecule has 0 radical (unpaired) electrons. The molecule has 0 spiro atoms. The van der Waals surface area contributed by atoms with Crippen molar-refractivity contribution in [2.45, 2.75) is 46.4 Å². The summed E-state index contributed by atoms with van der Waals surface area (Å²) in [6.07, 6.45) is 1.51. The minimum Gasteiger partial charge on any atom is -0.496 e. The summed E-state index contributed by atoms with van der Waals surface area (Å²) in [7, 11) is 1.55. The van der Waals surface area contributed by atoms with Gasteiger partial charge in [-0.3, -0.25) is 9.36 Å². The molecule has 2 aromatic heterocycles. The maximum atomic E-state index is 14.7. The second-order valence-electron chi connectivity index (χ2n) is 11.1. The standard InChI is InChI=1S/C35H31BrFN3O4S/c1-19(2)44-34(42)31-20(3)38-35-40(32(31)26-16-23(36)14-15-29(26)43-5)33(41)30(45-35)17-25-21(4)39(28-13-9-7-11-24(25)28)18-22-10-6-8-12-27(22)37/h6-17,19,32H,18H2,1-5H3/b30-17-/t32-/m0/s1. The van der Waals surface area contributed by atoms with E-state index in [1.54, 1.807) is 50.6 Å². The molecule has 0 amide bonds. The molecule has 0 saturated heterocycles. The first-order chi connectivity index (χ1) is 21.6. The highest BCUT2D eigenvalue weighted by atomic mass is 79.9. The molecule has 6 rings (SSSR count). The van der Waals surface area contributed by atoms with E-state index in [2.05, 4.69) is 20.5 Å². The molecule has 1 aliphatic rings. The number of hydrogen-bond acceptors (Lipinski definition) is 6. The predicted octanol–water partition coefficient (Wildman–Crippen LogP) is 6.41. The zero-order valence-electron chi connectivity index (χ0n) is 25.4. The van der Waals surface area contributed by atoms with E-state index in [9.17, 15) is 14.0 Å². The highest BCUT2D eigenvalue weighted by Crippen LogP contribution is 2.37. The van der Waals surface area contributed by atoms with E-state index in [-0.39, 0.29) is 23.1 Å². The zero-order chi connectivity index (χ0) is 32.0. The average Bonchev–Trinajstić information content (AvgIpc) is 3.45. The highest BCUT2D eigenvalue weighted by Gasteiger charge is 2.35. The maximum absolute atomic E-state index is 14.7. The fourth-order valence-electron chi connectivity index (χ4n) is 5.85. The number of carbonyl (C=O) groups is 1. The summed E-state index contributed by atoms with van der Waals surface area (Å²) in [5, 5.41) is 0.944. The number of fused-ring (bicyclic) bond motifs is 2. The molecule has 1 atom stereocenters. The van der Waals surface area contributed by atoms with Crippen molar-refractivity contribution in [3.05, 3.63) is 130 Å². The van der Waals surface area contributed by atoms with E-state index in [0.717, 1.165) is 26.6 Å². The first kappa shape index (κ1) is 30.7. The van der Waals surface area contributed by atoms with Crippen molar-refractivity contribution < 1.29 is 18.7 Å². The second-order valence-corrected chi connectivity index (χ2v) is 13.0. The Bertz CT molecular complexity index is 2190. The summed E-state index contributed by atoms with van der Waals surface area (Å²) in [5.74, 6) is -0.288. The number of esters is 1. The van der Waals surface area contributed by atoms with Crippen molar-refractivity contribution >= 4 is 50.2 Å². The van der Waals surface area contributed by atoms with Gasteiger partial charge in [0.2, 0.25) is 0 Å². The van der Waals surface area contributed by atoms with Gasteiger partial charge in [-0.25, -0.2) is 14.2 Å². The average molecular weight is 689 g/mol. The Morgan fingerprint density at radius 3 is 2.58 bits per heavy atom. The Morgan fingerprint density at radius 2 is 1.84 bits per heavy atom. The van der Waals surface area contributed by atoms with Crippen molar-refractivity contribution in [2.24, 2.45) is 4.99 Å². The third-order valence-corrected chi connectivity index (χ3v) is 9.39. The predicted molar refractivity (Wildman–Crippen MR) is 178 cm³/mol. The summed E-state index contributed by atoms with van der Waals surface area (Å²) in [5.41, 5.74) is 4.34. The van der Waals surface area contributed by atoms with Gasteiger partial charge in [0.05, 0.1) is 35.6 Å². The normalized spacial score (nSPS) is 15.0. The molecule has 0 saturated carbocycles. The van der Waals surface area contributed by atoms with Crippen LogP contribution in [0, 0.1) is 12.7 Å². The molecule has 230 valence electrons. The van der Waals surface area contributed by atoms with Gasteiger partial charge in [0, 0.05) is 37.8 Å². The summed E-state index contributed by atoms with van der Waals surface area (Å²) in [6, 6.07) is 19.3. The number of carbonyl (C=O) groups excluding carboxylic acids is 1. The van der Waals surface area contributed by atoms with E-state index in [0.29, 0.717) is 38.5 Å². The number of halogens is 2. The Kier molecular flexibility index (Phi) is 8.37. The van der Waals surface area contributed by atoms with Gasteiger partial charge < -0.3 is 14.0 Å². The van der Waals surface area contributed by atoms with E-state index in [4.69, 9.17) is 14.5 Å². The molecule has 0 bridgehead atoms. The van der Waals surface area contributed by atoms with Crippen LogP contribution in [0.25, 0.3) is 17.0 Å². The topological polar surface area (TPSA) is 74.8 Å². The molecule has 0 N–H and O–H groups in total. The number of methoxy groups -OCH3 is 1. The summed E-state index contributed by atoms with van der Waals surface area (Å²) >= 11 is 4.80.